The fourth-order valence-electron chi connectivity index (χ4n) is 4.72. The van der Waals surface area contributed by atoms with E-state index in [9.17, 15) is 22.4 Å². The topological polar surface area (TPSA) is 63.1 Å². The van der Waals surface area contributed by atoms with Gasteiger partial charge >= 0.3 is 6.18 Å². The van der Waals surface area contributed by atoms with Gasteiger partial charge in [0.1, 0.15) is 18.2 Å². The number of likely N-dealkylation sites (tertiary alicyclic amines) is 1. The number of rotatable bonds is 3. The lowest BCUT2D eigenvalue weighted by molar-refractivity contribution is -0.137. The van der Waals surface area contributed by atoms with Gasteiger partial charge in [0.2, 0.25) is 5.91 Å². The molecular formula is C24H22ClF4N5O. The molecule has 3 heterocycles. The number of hydrogen-bond donors (Lipinski definition) is 1. The van der Waals surface area contributed by atoms with E-state index < -0.39 is 23.1 Å². The maximum Gasteiger partial charge on any atom is 0.416 e. The zero-order chi connectivity index (χ0) is 24.8. The molecule has 35 heavy (non-hydrogen) atoms. The normalized spacial score (nSPS) is 18.3. The maximum atomic E-state index is 13.4. The van der Waals surface area contributed by atoms with Crippen molar-refractivity contribution >= 4 is 17.5 Å². The molecule has 0 bridgehead atoms. The highest BCUT2D eigenvalue weighted by Crippen LogP contribution is 2.32. The van der Waals surface area contributed by atoms with Gasteiger partial charge in [-0.3, -0.25) is 9.69 Å². The van der Waals surface area contributed by atoms with Crippen molar-refractivity contribution in [3.63, 3.8) is 0 Å². The zero-order valence-electron chi connectivity index (χ0n) is 18.6. The summed E-state index contributed by atoms with van der Waals surface area (Å²) in [6.07, 6.45) is -2.56. The molecule has 6 nitrogen and oxygen atoms in total. The first kappa shape index (κ1) is 23.7. The Hall–Kier alpha value is -2.98. The number of amides is 1. The molecule has 184 valence electrons. The summed E-state index contributed by atoms with van der Waals surface area (Å²) in [5, 5.41) is 7.64. The third-order valence-corrected chi connectivity index (χ3v) is 6.91. The number of benzene rings is 2. The Morgan fingerprint density at radius 2 is 1.80 bits per heavy atom. The van der Waals surface area contributed by atoms with Crippen LogP contribution < -0.4 is 5.32 Å². The standard InChI is InChI=1S/C24H22ClF4N5O/c25-18-11-15(1-6-19(18)26)13-33-9-7-23(8-10-33)12-20-30-22(32-34(20)14-21(35)31-23)16-2-4-17(5-3-16)24(27,28)29/h1-6,11H,7-10,12-14H2,(H,31,35). The molecule has 2 aliphatic rings. The van der Waals surface area contributed by atoms with Gasteiger partial charge in [0, 0.05) is 37.2 Å². The smallest absolute Gasteiger partial charge is 0.349 e. The Morgan fingerprint density at radius 3 is 2.46 bits per heavy atom. The molecule has 2 aliphatic heterocycles. The van der Waals surface area contributed by atoms with Gasteiger partial charge in [-0.1, -0.05) is 29.8 Å². The van der Waals surface area contributed by atoms with Gasteiger partial charge < -0.3 is 5.32 Å². The van der Waals surface area contributed by atoms with E-state index in [2.05, 4.69) is 20.3 Å². The van der Waals surface area contributed by atoms with Gasteiger partial charge in [-0.15, -0.1) is 0 Å². The van der Waals surface area contributed by atoms with E-state index in [1.165, 1.54) is 22.9 Å². The van der Waals surface area contributed by atoms with Crippen molar-refractivity contribution in [2.24, 2.45) is 0 Å². The van der Waals surface area contributed by atoms with E-state index in [1.807, 2.05) is 0 Å². The zero-order valence-corrected chi connectivity index (χ0v) is 19.3. The number of nitrogens with one attached hydrogen (secondary N) is 1. The molecule has 1 amide bonds. The summed E-state index contributed by atoms with van der Waals surface area (Å²) < 4.78 is 53.6. The first-order valence-electron chi connectivity index (χ1n) is 11.2. The SMILES string of the molecule is O=C1Cn2nc(-c3ccc(C(F)(F)F)cc3)nc2CC2(CCN(Cc3ccc(F)c(Cl)c3)CC2)N1. The first-order valence-corrected chi connectivity index (χ1v) is 11.6. The van der Waals surface area contributed by atoms with E-state index in [-0.39, 0.29) is 17.5 Å². The summed E-state index contributed by atoms with van der Waals surface area (Å²) in [6.45, 7) is 2.06. The number of aromatic nitrogens is 3. The number of nitrogens with zero attached hydrogens (tertiary/aromatic N) is 4. The number of piperidine rings is 1. The van der Waals surface area contributed by atoms with E-state index in [1.54, 1.807) is 12.1 Å². The molecule has 0 aliphatic carbocycles. The lowest BCUT2D eigenvalue weighted by atomic mass is 9.84. The second kappa shape index (κ2) is 8.91. The molecule has 1 spiro atoms. The van der Waals surface area contributed by atoms with Crippen LogP contribution >= 0.6 is 11.6 Å². The Morgan fingerprint density at radius 1 is 1.09 bits per heavy atom. The lowest BCUT2D eigenvalue weighted by Gasteiger charge is -2.41. The van der Waals surface area contributed by atoms with Crippen LogP contribution in [0, 0.1) is 5.82 Å². The fraction of sp³-hybridized carbons (Fsp3) is 0.375. The minimum atomic E-state index is -4.42. The van der Waals surface area contributed by atoms with Crippen LogP contribution in [0.15, 0.2) is 42.5 Å². The van der Waals surface area contributed by atoms with Crippen molar-refractivity contribution in [2.45, 2.75) is 44.1 Å². The highest BCUT2D eigenvalue weighted by atomic mass is 35.5. The summed E-state index contributed by atoms with van der Waals surface area (Å²) in [6, 6.07) is 9.38. The summed E-state index contributed by atoms with van der Waals surface area (Å²) in [7, 11) is 0. The van der Waals surface area contributed by atoms with Crippen LogP contribution in [-0.4, -0.2) is 44.2 Å². The summed E-state index contributed by atoms with van der Waals surface area (Å²) >= 11 is 5.90. The molecule has 1 aromatic heterocycles. The Balaban J connectivity index is 1.30. The molecule has 11 heteroatoms. The number of fused-ring (bicyclic) bond motifs is 1. The van der Waals surface area contributed by atoms with Gasteiger partial charge in [-0.25, -0.2) is 14.1 Å². The van der Waals surface area contributed by atoms with E-state index in [0.29, 0.717) is 43.0 Å². The highest BCUT2D eigenvalue weighted by molar-refractivity contribution is 6.30. The summed E-state index contributed by atoms with van der Waals surface area (Å²) in [5.41, 5.74) is 0.154. The van der Waals surface area contributed by atoms with Crippen LogP contribution in [0.25, 0.3) is 11.4 Å². The second-order valence-corrected chi connectivity index (χ2v) is 9.52. The van der Waals surface area contributed by atoms with Gasteiger partial charge in [0.05, 0.1) is 10.6 Å². The van der Waals surface area contributed by atoms with Crippen LogP contribution in [0.1, 0.15) is 29.8 Å². The molecular weight excluding hydrogens is 486 g/mol. The average Bonchev–Trinajstić information content (AvgIpc) is 3.13. The predicted octanol–water partition coefficient (Wildman–Crippen LogP) is 4.46. The monoisotopic (exact) mass is 507 g/mol. The van der Waals surface area contributed by atoms with Crippen molar-refractivity contribution in [3.8, 4) is 11.4 Å². The average molecular weight is 508 g/mol. The van der Waals surface area contributed by atoms with E-state index >= 15 is 0 Å². The van der Waals surface area contributed by atoms with E-state index in [4.69, 9.17) is 11.6 Å². The number of hydrogen-bond acceptors (Lipinski definition) is 4. The Labute approximate surface area is 203 Å². The minimum absolute atomic E-state index is 0.00249. The van der Waals surface area contributed by atoms with Gasteiger partial charge in [0.25, 0.3) is 0 Å². The van der Waals surface area contributed by atoms with Crippen LogP contribution in [0.4, 0.5) is 17.6 Å². The molecule has 0 unspecified atom stereocenters. The van der Waals surface area contributed by atoms with Gasteiger partial charge in [-0.05, 0) is 42.7 Å². The molecule has 2 aromatic carbocycles. The van der Waals surface area contributed by atoms with Crippen molar-refractivity contribution in [1.29, 1.82) is 0 Å². The molecule has 0 saturated carbocycles. The number of alkyl halides is 3. The number of carbonyl (C=O) groups is 1. The minimum Gasteiger partial charge on any atom is -0.349 e. The third-order valence-electron chi connectivity index (χ3n) is 6.62. The second-order valence-electron chi connectivity index (χ2n) is 9.11. The number of halogens is 5. The third kappa shape index (κ3) is 5.04. The van der Waals surface area contributed by atoms with Gasteiger partial charge in [-0.2, -0.15) is 18.3 Å². The van der Waals surface area contributed by atoms with Crippen molar-refractivity contribution in [3.05, 3.63) is 70.3 Å². The summed E-state index contributed by atoms with van der Waals surface area (Å²) in [4.78, 5) is 19.5. The van der Waals surface area contributed by atoms with Crippen molar-refractivity contribution < 1.29 is 22.4 Å². The maximum absolute atomic E-state index is 13.4. The van der Waals surface area contributed by atoms with Crippen LogP contribution in [0.3, 0.4) is 0 Å². The molecule has 0 atom stereocenters. The highest BCUT2D eigenvalue weighted by Gasteiger charge is 2.40. The summed E-state index contributed by atoms with van der Waals surface area (Å²) in [5.74, 6) is 0.293. The number of carbonyl (C=O) groups excluding carboxylic acids is 1. The van der Waals surface area contributed by atoms with Crippen LogP contribution in [0.2, 0.25) is 5.02 Å². The Bertz CT molecular complexity index is 1250. The van der Waals surface area contributed by atoms with Crippen molar-refractivity contribution in [1.82, 2.24) is 25.0 Å². The van der Waals surface area contributed by atoms with E-state index in [0.717, 1.165) is 30.8 Å². The van der Waals surface area contributed by atoms with Gasteiger partial charge in [0.15, 0.2) is 5.82 Å². The first-order chi connectivity index (χ1) is 16.6. The molecule has 3 aromatic rings. The molecule has 1 N–H and O–H groups in total. The fourth-order valence-corrected chi connectivity index (χ4v) is 4.92. The molecule has 0 radical (unpaired) electrons. The molecule has 5 rings (SSSR count). The lowest BCUT2D eigenvalue weighted by Crippen LogP contribution is -2.56. The Kier molecular flexibility index (Phi) is 6.04. The quantitative estimate of drug-likeness (QED) is 0.532. The van der Waals surface area contributed by atoms with Crippen LogP contribution in [-0.2, 0) is 30.5 Å². The van der Waals surface area contributed by atoms with Crippen LogP contribution in [0.5, 0.6) is 0 Å². The molecule has 1 fully saturated rings. The van der Waals surface area contributed by atoms with Crippen molar-refractivity contribution in [2.75, 3.05) is 13.1 Å². The molecule has 1 saturated heterocycles. The largest absolute Gasteiger partial charge is 0.416 e. The predicted molar refractivity (Wildman–Crippen MR) is 121 cm³/mol.